The molecule has 3 saturated heterocycles. The third-order valence-corrected chi connectivity index (χ3v) is 5.90. The summed E-state index contributed by atoms with van der Waals surface area (Å²) in [5.74, 6) is 0.662. The Labute approximate surface area is 167 Å². The van der Waals surface area contributed by atoms with E-state index in [-0.39, 0.29) is 18.3 Å². The monoisotopic (exact) mass is 397 g/mol. The predicted molar refractivity (Wildman–Crippen MR) is 107 cm³/mol. The Morgan fingerprint density at radius 3 is 2.85 bits per heavy atom. The van der Waals surface area contributed by atoms with Crippen molar-refractivity contribution in [2.75, 3.05) is 59.0 Å². The average Bonchev–Trinajstić information content (AvgIpc) is 3.19. The molecular formula is C19H32ClN5O2. The lowest BCUT2D eigenvalue weighted by Crippen LogP contribution is -2.46. The molecule has 1 aromatic heterocycles. The van der Waals surface area contributed by atoms with E-state index in [9.17, 15) is 4.79 Å². The Morgan fingerprint density at radius 2 is 2.07 bits per heavy atom. The molecule has 8 heteroatoms. The molecule has 7 nitrogen and oxygen atoms in total. The van der Waals surface area contributed by atoms with E-state index in [0.29, 0.717) is 17.7 Å². The van der Waals surface area contributed by atoms with Crippen molar-refractivity contribution in [3.8, 4) is 0 Å². The van der Waals surface area contributed by atoms with Crippen LogP contribution >= 0.6 is 12.4 Å². The Morgan fingerprint density at radius 1 is 1.22 bits per heavy atom. The lowest BCUT2D eigenvalue weighted by Gasteiger charge is -2.36. The van der Waals surface area contributed by atoms with Crippen LogP contribution in [0.2, 0.25) is 0 Å². The molecule has 2 atom stereocenters. The average molecular weight is 398 g/mol. The summed E-state index contributed by atoms with van der Waals surface area (Å²) in [4.78, 5) is 17.4. The van der Waals surface area contributed by atoms with Gasteiger partial charge in [-0.15, -0.1) is 12.4 Å². The van der Waals surface area contributed by atoms with E-state index in [4.69, 9.17) is 4.74 Å². The summed E-state index contributed by atoms with van der Waals surface area (Å²) in [7, 11) is 0. The minimum atomic E-state index is 0. The van der Waals surface area contributed by atoms with Crippen molar-refractivity contribution in [3.63, 3.8) is 0 Å². The molecule has 0 bridgehead atoms. The van der Waals surface area contributed by atoms with Crippen LogP contribution in [0.3, 0.4) is 0 Å². The van der Waals surface area contributed by atoms with Crippen LogP contribution in [0.1, 0.15) is 42.2 Å². The number of nitrogens with zero attached hydrogens (tertiary/aromatic N) is 4. The molecule has 4 heterocycles. The third-order valence-electron chi connectivity index (χ3n) is 5.90. The van der Waals surface area contributed by atoms with E-state index in [1.54, 1.807) is 0 Å². The second-order valence-corrected chi connectivity index (χ2v) is 7.85. The van der Waals surface area contributed by atoms with Crippen molar-refractivity contribution < 1.29 is 9.53 Å². The van der Waals surface area contributed by atoms with Crippen LogP contribution in [0.4, 0.5) is 0 Å². The first-order valence-corrected chi connectivity index (χ1v) is 10.1. The number of halogens is 1. The number of morpholine rings is 1. The molecule has 0 spiro atoms. The van der Waals surface area contributed by atoms with Gasteiger partial charge in [0, 0.05) is 45.5 Å². The number of hydrogen-bond acceptors (Lipinski definition) is 5. The summed E-state index contributed by atoms with van der Waals surface area (Å²) in [5, 5.41) is 8.02. The zero-order valence-electron chi connectivity index (χ0n) is 16.0. The minimum absolute atomic E-state index is 0. The van der Waals surface area contributed by atoms with Gasteiger partial charge in [-0.05, 0) is 44.2 Å². The number of likely N-dealkylation sites (tertiary alicyclic amines) is 1. The predicted octanol–water partition coefficient (Wildman–Crippen LogP) is 1.41. The molecular weight excluding hydrogens is 366 g/mol. The zero-order chi connectivity index (χ0) is 17.8. The molecule has 2 unspecified atom stereocenters. The Kier molecular flexibility index (Phi) is 7.52. The van der Waals surface area contributed by atoms with E-state index in [0.717, 1.165) is 71.9 Å². The first kappa shape index (κ1) is 20.6. The van der Waals surface area contributed by atoms with Gasteiger partial charge in [-0.3, -0.25) is 14.4 Å². The molecule has 1 aromatic rings. The molecule has 0 aliphatic carbocycles. The first-order valence-electron chi connectivity index (χ1n) is 10.1. The fourth-order valence-corrected chi connectivity index (χ4v) is 4.42. The van der Waals surface area contributed by atoms with Gasteiger partial charge in [-0.25, -0.2) is 0 Å². The summed E-state index contributed by atoms with van der Waals surface area (Å²) < 4.78 is 7.42. The van der Waals surface area contributed by atoms with E-state index in [1.807, 2.05) is 21.8 Å². The van der Waals surface area contributed by atoms with E-state index in [1.165, 1.54) is 12.8 Å². The van der Waals surface area contributed by atoms with Gasteiger partial charge in [0.05, 0.1) is 19.3 Å². The molecule has 4 rings (SSSR count). The second kappa shape index (κ2) is 9.87. The van der Waals surface area contributed by atoms with Gasteiger partial charge in [-0.1, -0.05) is 0 Å². The lowest BCUT2D eigenvalue weighted by atomic mass is 9.97. The second-order valence-electron chi connectivity index (χ2n) is 7.85. The van der Waals surface area contributed by atoms with Crippen LogP contribution in [0.5, 0.6) is 0 Å². The van der Waals surface area contributed by atoms with E-state index in [2.05, 4.69) is 15.3 Å². The fourth-order valence-electron chi connectivity index (χ4n) is 4.42. The fraction of sp³-hybridized carbons (Fsp3) is 0.789. The van der Waals surface area contributed by atoms with Gasteiger partial charge < -0.3 is 15.0 Å². The highest BCUT2D eigenvalue weighted by Gasteiger charge is 2.28. The number of ether oxygens (including phenoxy) is 1. The van der Waals surface area contributed by atoms with Gasteiger partial charge in [0.15, 0.2) is 0 Å². The van der Waals surface area contributed by atoms with Crippen LogP contribution < -0.4 is 5.32 Å². The van der Waals surface area contributed by atoms with Crippen LogP contribution in [-0.2, 0) is 4.74 Å². The summed E-state index contributed by atoms with van der Waals surface area (Å²) >= 11 is 0. The van der Waals surface area contributed by atoms with E-state index < -0.39 is 0 Å². The first-order chi connectivity index (χ1) is 12.8. The van der Waals surface area contributed by atoms with Crippen molar-refractivity contribution in [2.45, 2.75) is 31.7 Å². The summed E-state index contributed by atoms with van der Waals surface area (Å²) in [6.07, 6.45) is 6.58. The minimum Gasteiger partial charge on any atom is -0.379 e. The molecule has 0 saturated carbocycles. The van der Waals surface area contributed by atoms with Gasteiger partial charge >= 0.3 is 0 Å². The van der Waals surface area contributed by atoms with Crippen LogP contribution in [-0.4, -0.2) is 84.5 Å². The van der Waals surface area contributed by atoms with Crippen LogP contribution in [0.15, 0.2) is 12.3 Å². The standard InChI is InChI=1S/C19H31N5O2.ClH/c25-19(18-5-8-24(21-18)17-4-1-6-20-13-17)23-7-2-3-16(15-23)14-22-9-11-26-12-10-22;/h5,8,16-17,20H,1-4,6-7,9-15H2;1H. The molecule has 27 heavy (non-hydrogen) atoms. The van der Waals surface area contributed by atoms with Crippen molar-refractivity contribution in [1.29, 1.82) is 0 Å². The van der Waals surface area contributed by atoms with Crippen molar-refractivity contribution in [1.82, 2.24) is 24.9 Å². The lowest BCUT2D eigenvalue weighted by molar-refractivity contribution is 0.0223. The number of rotatable bonds is 4. The molecule has 1 amide bonds. The molecule has 1 N–H and O–H groups in total. The number of amides is 1. The molecule has 3 fully saturated rings. The largest absolute Gasteiger partial charge is 0.379 e. The van der Waals surface area contributed by atoms with Crippen LogP contribution in [0.25, 0.3) is 0 Å². The number of aromatic nitrogens is 2. The number of carbonyl (C=O) groups excluding carboxylic acids is 1. The molecule has 3 aliphatic rings. The number of nitrogens with one attached hydrogen (secondary N) is 1. The highest BCUT2D eigenvalue weighted by Crippen LogP contribution is 2.21. The summed E-state index contributed by atoms with van der Waals surface area (Å²) in [6, 6.07) is 2.27. The maximum absolute atomic E-state index is 12.9. The number of carbonyl (C=O) groups is 1. The van der Waals surface area contributed by atoms with Gasteiger partial charge in [0.1, 0.15) is 5.69 Å². The molecule has 0 radical (unpaired) electrons. The number of hydrogen-bond donors (Lipinski definition) is 1. The van der Waals surface area contributed by atoms with Crippen molar-refractivity contribution in [3.05, 3.63) is 18.0 Å². The maximum atomic E-state index is 12.9. The highest BCUT2D eigenvalue weighted by atomic mass is 35.5. The SMILES string of the molecule is Cl.O=C(c1ccn(C2CCCNC2)n1)N1CCCC(CN2CCOCC2)C1. The number of piperidine rings is 2. The Balaban J connectivity index is 0.00000210. The molecule has 152 valence electrons. The summed E-state index contributed by atoms with van der Waals surface area (Å²) in [5.41, 5.74) is 0.600. The van der Waals surface area contributed by atoms with E-state index >= 15 is 0 Å². The van der Waals surface area contributed by atoms with Gasteiger partial charge in [-0.2, -0.15) is 5.10 Å². The van der Waals surface area contributed by atoms with Gasteiger partial charge in [0.25, 0.3) is 5.91 Å². The smallest absolute Gasteiger partial charge is 0.274 e. The molecule has 0 aromatic carbocycles. The van der Waals surface area contributed by atoms with Crippen LogP contribution in [0, 0.1) is 5.92 Å². The zero-order valence-corrected chi connectivity index (χ0v) is 16.8. The molecule has 3 aliphatic heterocycles. The topological polar surface area (TPSA) is 62.6 Å². The van der Waals surface area contributed by atoms with Gasteiger partial charge in [0.2, 0.25) is 0 Å². The third kappa shape index (κ3) is 5.22. The maximum Gasteiger partial charge on any atom is 0.274 e. The Bertz CT molecular complexity index is 599. The van der Waals surface area contributed by atoms with Crippen molar-refractivity contribution in [2.24, 2.45) is 5.92 Å². The quantitative estimate of drug-likeness (QED) is 0.832. The highest BCUT2D eigenvalue weighted by molar-refractivity contribution is 5.92. The Hall–Kier alpha value is -1.15. The normalized spacial score (nSPS) is 27.2. The van der Waals surface area contributed by atoms with Crippen molar-refractivity contribution >= 4 is 18.3 Å². The summed E-state index contributed by atoms with van der Waals surface area (Å²) in [6.45, 7) is 8.53.